The molecule has 26 heavy (non-hydrogen) atoms. The number of pyridine rings is 1. The Morgan fingerprint density at radius 2 is 1.73 bits per heavy atom. The van der Waals surface area contributed by atoms with E-state index in [-0.39, 0.29) is 0 Å². The van der Waals surface area contributed by atoms with E-state index in [9.17, 15) is 0 Å². The summed E-state index contributed by atoms with van der Waals surface area (Å²) in [6, 6.07) is 4.00. The second kappa shape index (κ2) is 8.88. The zero-order valence-electron chi connectivity index (χ0n) is 16.1. The first-order valence-electron chi connectivity index (χ1n) is 9.61. The predicted octanol–water partition coefficient (Wildman–Crippen LogP) is 3.12. The van der Waals surface area contributed by atoms with Crippen LogP contribution < -0.4 is 0 Å². The molecule has 0 bridgehead atoms. The molecule has 142 valence electrons. The SMILES string of the molecule is CCCn1c(-c2ccncc2)nn(CN2CCN(CC(C)C)CC2)c1=S. The Morgan fingerprint density at radius 3 is 2.35 bits per heavy atom. The maximum absolute atomic E-state index is 5.74. The number of piperazine rings is 1. The fraction of sp³-hybridized carbons (Fsp3) is 0.632. The summed E-state index contributed by atoms with van der Waals surface area (Å²) in [4.78, 5) is 9.12. The van der Waals surface area contributed by atoms with Gasteiger partial charge in [0.25, 0.3) is 0 Å². The van der Waals surface area contributed by atoms with Crippen LogP contribution in [-0.4, -0.2) is 61.9 Å². The van der Waals surface area contributed by atoms with Gasteiger partial charge in [0.2, 0.25) is 0 Å². The lowest BCUT2D eigenvalue weighted by Crippen LogP contribution is -2.47. The average molecular weight is 375 g/mol. The maximum Gasteiger partial charge on any atom is 0.199 e. The van der Waals surface area contributed by atoms with Crippen LogP contribution in [0.3, 0.4) is 0 Å². The summed E-state index contributed by atoms with van der Waals surface area (Å²) >= 11 is 5.74. The lowest BCUT2D eigenvalue weighted by Gasteiger charge is -2.35. The van der Waals surface area contributed by atoms with Gasteiger partial charge in [-0.05, 0) is 36.7 Å². The van der Waals surface area contributed by atoms with E-state index in [1.165, 1.54) is 6.54 Å². The van der Waals surface area contributed by atoms with Gasteiger partial charge in [-0.25, -0.2) is 4.68 Å². The van der Waals surface area contributed by atoms with Crippen LogP contribution in [0.1, 0.15) is 27.2 Å². The van der Waals surface area contributed by atoms with Crippen molar-refractivity contribution in [1.29, 1.82) is 0 Å². The molecule has 0 aromatic carbocycles. The van der Waals surface area contributed by atoms with Crippen LogP contribution in [0.15, 0.2) is 24.5 Å². The molecule has 3 heterocycles. The van der Waals surface area contributed by atoms with Crippen LogP contribution in [0.2, 0.25) is 0 Å². The molecule has 0 amide bonds. The molecular formula is C19H30N6S. The Labute approximate surface area is 161 Å². The lowest BCUT2D eigenvalue weighted by atomic mass is 10.2. The molecule has 0 aliphatic carbocycles. The molecule has 1 fully saturated rings. The first kappa shape index (κ1) is 19.2. The largest absolute Gasteiger partial charge is 0.301 e. The van der Waals surface area contributed by atoms with Gasteiger partial charge in [-0.3, -0.25) is 14.5 Å². The Bertz CT molecular complexity index is 743. The van der Waals surface area contributed by atoms with Crippen LogP contribution in [-0.2, 0) is 13.2 Å². The van der Waals surface area contributed by atoms with E-state index in [2.05, 4.69) is 40.1 Å². The highest BCUT2D eigenvalue weighted by atomic mass is 32.1. The lowest BCUT2D eigenvalue weighted by molar-refractivity contribution is 0.0950. The Morgan fingerprint density at radius 1 is 1.08 bits per heavy atom. The fourth-order valence-electron chi connectivity index (χ4n) is 3.49. The predicted molar refractivity (Wildman–Crippen MR) is 107 cm³/mol. The zero-order chi connectivity index (χ0) is 18.5. The van der Waals surface area contributed by atoms with Crippen molar-refractivity contribution in [2.75, 3.05) is 32.7 Å². The Balaban J connectivity index is 1.74. The van der Waals surface area contributed by atoms with Crippen LogP contribution in [0.5, 0.6) is 0 Å². The summed E-state index contributed by atoms with van der Waals surface area (Å²) < 4.78 is 4.95. The number of aromatic nitrogens is 4. The van der Waals surface area contributed by atoms with Gasteiger partial charge in [0.1, 0.15) is 0 Å². The molecule has 0 unspecified atom stereocenters. The standard InChI is InChI=1S/C19H30N6S/c1-4-9-24-18(17-5-7-20-8-6-17)21-25(19(24)26)15-23-12-10-22(11-13-23)14-16(2)3/h5-8,16H,4,9-15H2,1-3H3. The highest BCUT2D eigenvalue weighted by Gasteiger charge is 2.19. The summed E-state index contributed by atoms with van der Waals surface area (Å²) in [5.41, 5.74) is 1.07. The first-order valence-corrected chi connectivity index (χ1v) is 10.0. The third-order valence-electron chi connectivity index (χ3n) is 4.73. The van der Waals surface area contributed by atoms with Gasteiger partial charge >= 0.3 is 0 Å². The molecule has 1 aliphatic heterocycles. The van der Waals surface area contributed by atoms with Gasteiger partial charge in [-0.15, -0.1) is 0 Å². The van der Waals surface area contributed by atoms with Crippen molar-refractivity contribution in [3.05, 3.63) is 29.3 Å². The quantitative estimate of drug-likeness (QED) is 0.697. The molecule has 2 aromatic heterocycles. The summed E-state index contributed by atoms with van der Waals surface area (Å²) in [5, 5.41) is 4.85. The van der Waals surface area contributed by atoms with E-state index in [0.29, 0.717) is 0 Å². The maximum atomic E-state index is 5.74. The molecule has 6 nitrogen and oxygen atoms in total. The molecule has 7 heteroatoms. The molecule has 0 radical (unpaired) electrons. The highest BCUT2D eigenvalue weighted by Crippen LogP contribution is 2.18. The summed E-state index contributed by atoms with van der Waals surface area (Å²) in [6.45, 7) is 14.0. The zero-order valence-corrected chi connectivity index (χ0v) is 17.0. The van der Waals surface area contributed by atoms with Gasteiger partial charge in [0, 0.05) is 57.2 Å². The molecule has 1 saturated heterocycles. The molecule has 2 aromatic rings. The van der Waals surface area contributed by atoms with Crippen LogP contribution in [0, 0.1) is 10.7 Å². The molecule has 0 spiro atoms. The molecular weight excluding hydrogens is 344 g/mol. The van der Waals surface area contributed by atoms with E-state index in [1.54, 1.807) is 0 Å². The second-order valence-corrected chi connectivity index (χ2v) is 7.81. The minimum absolute atomic E-state index is 0.725. The van der Waals surface area contributed by atoms with Crippen molar-refractivity contribution in [3.63, 3.8) is 0 Å². The van der Waals surface area contributed by atoms with Crippen molar-refractivity contribution in [2.45, 2.75) is 40.4 Å². The molecule has 0 saturated carbocycles. The second-order valence-electron chi connectivity index (χ2n) is 7.45. The van der Waals surface area contributed by atoms with E-state index in [0.717, 1.165) is 67.9 Å². The molecule has 0 N–H and O–H groups in total. The van der Waals surface area contributed by atoms with Gasteiger partial charge in [0.15, 0.2) is 10.6 Å². The van der Waals surface area contributed by atoms with Crippen molar-refractivity contribution in [3.8, 4) is 11.4 Å². The Hall–Kier alpha value is -1.57. The number of hydrogen-bond donors (Lipinski definition) is 0. The highest BCUT2D eigenvalue weighted by molar-refractivity contribution is 7.71. The minimum Gasteiger partial charge on any atom is -0.301 e. The van der Waals surface area contributed by atoms with Gasteiger partial charge < -0.3 is 4.90 Å². The number of nitrogens with zero attached hydrogens (tertiary/aromatic N) is 6. The third kappa shape index (κ3) is 4.58. The summed E-state index contributed by atoms with van der Waals surface area (Å²) in [5.74, 6) is 1.67. The van der Waals surface area contributed by atoms with Gasteiger partial charge in [-0.1, -0.05) is 20.8 Å². The first-order chi connectivity index (χ1) is 12.6. The topological polar surface area (TPSA) is 42.1 Å². The smallest absolute Gasteiger partial charge is 0.199 e. The summed E-state index contributed by atoms with van der Waals surface area (Å²) in [7, 11) is 0. The number of rotatable bonds is 7. The van der Waals surface area contributed by atoms with Gasteiger partial charge in [-0.2, -0.15) is 5.10 Å². The van der Waals surface area contributed by atoms with E-state index < -0.39 is 0 Å². The van der Waals surface area contributed by atoms with Crippen molar-refractivity contribution in [2.24, 2.45) is 5.92 Å². The van der Waals surface area contributed by atoms with Gasteiger partial charge in [0.05, 0.1) is 6.67 Å². The molecule has 3 rings (SSSR count). The third-order valence-corrected chi connectivity index (χ3v) is 5.16. The molecule has 0 atom stereocenters. The number of hydrogen-bond acceptors (Lipinski definition) is 5. The fourth-order valence-corrected chi connectivity index (χ4v) is 3.77. The van der Waals surface area contributed by atoms with Crippen LogP contribution >= 0.6 is 12.2 Å². The van der Waals surface area contributed by atoms with Crippen LogP contribution in [0.25, 0.3) is 11.4 Å². The molecule has 1 aliphatic rings. The Kier molecular flexibility index (Phi) is 6.56. The van der Waals surface area contributed by atoms with Crippen LogP contribution in [0.4, 0.5) is 0 Å². The van der Waals surface area contributed by atoms with Crippen molar-refractivity contribution in [1.82, 2.24) is 29.1 Å². The summed E-state index contributed by atoms with van der Waals surface area (Å²) in [6.07, 6.45) is 4.65. The van der Waals surface area contributed by atoms with E-state index in [4.69, 9.17) is 17.3 Å². The van der Waals surface area contributed by atoms with E-state index in [1.807, 2.05) is 29.2 Å². The minimum atomic E-state index is 0.725. The monoisotopic (exact) mass is 374 g/mol. The van der Waals surface area contributed by atoms with E-state index >= 15 is 0 Å². The van der Waals surface area contributed by atoms with Crippen molar-refractivity contribution < 1.29 is 0 Å². The normalized spacial score (nSPS) is 16.5. The average Bonchev–Trinajstić information content (AvgIpc) is 2.94. The van der Waals surface area contributed by atoms with Crippen molar-refractivity contribution >= 4 is 12.2 Å².